The van der Waals surface area contributed by atoms with Gasteiger partial charge in [0.2, 0.25) is 0 Å². The van der Waals surface area contributed by atoms with E-state index in [1.54, 1.807) is 0 Å². The van der Waals surface area contributed by atoms with Gasteiger partial charge >= 0.3 is 10.1 Å². The largest absolute Gasteiger partial charge is 0.382 e. The van der Waals surface area contributed by atoms with Crippen molar-refractivity contribution >= 4 is 15.9 Å². The minimum Gasteiger partial charge on any atom is -0.382 e. The van der Waals surface area contributed by atoms with E-state index in [0.717, 1.165) is 44.1 Å². The zero-order valence-electron chi connectivity index (χ0n) is 13.9. The van der Waals surface area contributed by atoms with Gasteiger partial charge < -0.3 is 4.18 Å². The van der Waals surface area contributed by atoms with Crippen LogP contribution in [0.4, 0.5) is 0 Å². The third-order valence-electron chi connectivity index (χ3n) is 7.16. The zero-order chi connectivity index (χ0) is 16.7. The number of ketones is 1. The van der Waals surface area contributed by atoms with Crippen LogP contribution >= 0.6 is 0 Å². The molecule has 4 atom stereocenters. The zero-order valence-corrected chi connectivity index (χ0v) is 14.7. The van der Waals surface area contributed by atoms with Crippen molar-refractivity contribution in [1.29, 1.82) is 0 Å². The van der Waals surface area contributed by atoms with Gasteiger partial charge in [0.05, 0.1) is 0 Å². The van der Waals surface area contributed by atoms with Crippen molar-refractivity contribution in [3.05, 3.63) is 28.8 Å². The molecule has 0 N–H and O–H groups in total. The van der Waals surface area contributed by atoms with Crippen molar-refractivity contribution in [2.24, 2.45) is 17.3 Å². The molecule has 1 aromatic carbocycles. The van der Waals surface area contributed by atoms with Crippen LogP contribution in [-0.2, 0) is 27.1 Å². The Morgan fingerprint density at radius 1 is 1.12 bits per heavy atom. The highest BCUT2D eigenvalue weighted by molar-refractivity contribution is 7.86. The number of benzene rings is 1. The number of rotatable bonds is 0. The van der Waals surface area contributed by atoms with Crippen molar-refractivity contribution in [3.8, 4) is 5.75 Å². The molecule has 0 bridgehead atoms. The molecule has 2 saturated carbocycles. The highest BCUT2D eigenvalue weighted by Crippen LogP contribution is 2.60. The molecule has 1 aliphatic heterocycles. The Kier molecular flexibility index (Phi) is 2.88. The summed E-state index contributed by atoms with van der Waals surface area (Å²) in [6.07, 6.45) is 5.87. The summed E-state index contributed by atoms with van der Waals surface area (Å²) in [7, 11) is -3.44. The van der Waals surface area contributed by atoms with E-state index < -0.39 is 10.1 Å². The molecule has 0 saturated heterocycles. The van der Waals surface area contributed by atoms with Gasteiger partial charge in [-0.3, -0.25) is 4.79 Å². The van der Waals surface area contributed by atoms with E-state index >= 15 is 0 Å². The van der Waals surface area contributed by atoms with Crippen LogP contribution in [-0.4, -0.2) is 14.2 Å². The second-order valence-corrected chi connectivity index (χ2v) is 9.85. The van der Waals surface area contributed by atoms with E-state index in [1.165, 1.54) is 11.1 Å². The minimum absolute atomic E-state index is 0.00731. The number of carbonyl (C=O) groups is 1. The molecule has 1 aromatic rings. The minimum atomic E-state index is -3.44. The van der Waals surface area contributed by atoms with Crippen molar-refractivity contribution in [2.45, 2.75) is 57.1 Å². The lowest BCUT2D eigenvalue weighted by Gasteiger charge is -2.48. The third kappa shape index (κ3) is 1.91. The van der Waals surface area contributed by atoms with Gasteiger partial charge in [0.25, 0.3) is 0 Å². The maximum absolute atomic E-state index is 12.4. The molecule has 5 heteroatoms. The van der Waals surface area contributed by atoms with Crippen LogP contribution in [0.1, 0.15) is 61.6 Å². The van der Waals surface area contributed by atoms with E-state index in [1.807, 2.05) is 6.07 Å². The molecule has 4 aliphatic rings. The van der Waals surface area contributed by atoms with Gasteiger partial charge in [-0.1, -0.05) is 13.0 Å². The Balaban J connectivity index is 1.55. The molecule has 0 spiro atoms. The van der Waals surface area contributed by atoms with Crippen LogP contribution in [0.2, 0.25) is 0 Å². The highest BCUT2D eigenvalue weighted by atomic mass is 32.2. The normalized spacial score (nSPS) is 38.7. The lowest BCUT2D eigenvalue weighted by Crippen LogP contribution is -2.42. The van der Waals surface area contributed by atoms with Crippen LogP contribution in [0.15, 0.2) is 12.1 Å². The fraction of sp³-hybridized carbons (Fsp3) is 0.632. The Morgan fingerprint density at radius 3 is 2.79 bits per heavy atom. The van der Waals surface area contributed by atoms with Gasteiger partial charge in [-0.05, 0) is 67.1 Å². The molecule has 5 rings (SSSR count). The molecule has 3 aliphatic carbocycles. The highest BCUT2D eigenvalue weighted by Gasteiger charge is 2.54. The van der Waals surface area contributed by atoms with Gasteiger partial charge in [0, 0.05) is 17.4 Å². The smallest absolute Gasteiger partial charge is 0.313 e. The maximum atomic E-state index is 12.4. The summed E-state index contributed by atoms with van der Waals surface area (Å²) in [5, 5.41) is 0. The molecule has 4 nitrogen and oxygen atoms in total. The fourth-order valence-corrected chi connectivity index (χ4v) is 7.06. The predicted molar refractivity (Wildman–Crippen MR) is 89.3 cm³/mol. The molecule has 4 unspecified atom stereocenters. The van der Waals surface area contributed by atoms with Crippen molar-refractivity contribution < 1.29 is 17.4 Å². The molecule has 24 heavy (non-hydrogen) atoms. The van der Waals surface area contributed by atoms with Gasteiger partial charge in [0.1, 0.15) is 17.3 Å². The molecular formula is C19H22O4S. The first kappa shape index (κ1) is 14.9. The first-order valence-corrected chi connectivity index (χ1v) is 10.6. The lowest BCUT2D eigenvalue weighted by atomic mass is 9.55. The number of fused-ring (bicyclic) bond motifs is 6. The topological polar surface area (TPSA) is 60.4 Å². The molecular weight excluding hydrogens is 324 g/mol. The predicted octanol–water partition coefficient (Wildman–Crippen LogP) is 3.33. The summed E-state index contributed by atoms with van der Waals surface area (Å²) in [6.45, 7) is 2.18. The van der Waals surface area contributed by atoms with Crippen LogP contribution in [0.25, 0.3) is 0 Å². The van der Waals surface area contributed by atoms with E-state index in [2.05, 4.69) is 13.0 Å². The van der Waals surface area contributed by atoms with Crippen LogP contribution in [0.3, 0.4) is 0 Å². The molecule has 1 heterocycles. The van der Waals surface area contributed by atoms with Gasteiger partial charge in [0.15, 0.2) is 0 Å². The number of hydrogen-bond donors (Lipinski definition) is 0. The quantitative estimate of drug-likeness (QED) is 0.676. The second-order valence-electron chi connectivity index (χ2n) is 8.28. The Bertz CT molecular complexity index is 856. The number of Topliss-reactive ketones (excluding diaryl/α,β-unsaturated/α-hetero) is 1. The van der Waals surface area contributed by atoms with Crippen molar-refractivity contribution in [2.75, 3.05) is 0 Å². The Hall–Kier alpha value is -1.36. The monoisotopic (exact) mass is 346 g/mol. The average Bonchev–Trinajstić information content (AvgIpc) is 2.99. The SMILES string of the molecule is CC12CCC3c4cc5c(cc4CCC3C1CCC2=O)OS(=O)(=O)C5. The standard InChI is InChI=1S/C19H22O4S/c1-19-7-6-13-14(16(19)4-5-18(19)20)3-2-11-9-17-12(8-15(11)13)10-24(21,22)23-17/h8-9,13-14,16H,2-7,10H2,1H3. The summed E-state index contributed by atoms with van der Waals surface area (Å²) in [6, 6.07) is 4.05. The van der Waals surface area contributed by atoms with E-state index in [9.17, 15) is 13.2 Å². The van der Waals surface area contributed by atoms with Crippen molar-refractivity contribution in [1.82, 2.24) is 0 Å². The summed E-state index contributed by atoms with van der Waals surface area (Å²) in [4.78, 5) is 12.4. The molecule has 2 fully saturated rings. The summed E-state index contributed by atoms with van der Waals surface area (Å²) >= 11 is 0. The average molecular weight is 346 g/mol. The molecule has 0 amide bonds. The van der Waals surface area contributed by atoms with Gasteiger partial charge in [-0.15, -0.1) is 0 Å². The number of carbonyl (C=O) groups excluding carboxylic acids is 1. The van der Waals surface area contributed by atoms with Crippen molar-refractivity contribution in [3.63, 3.8) is 0 Å². The van der Waals surface area contributed by atoms with E-state index in [4.69, 9.17) is 4.18 Å². The third-order valence-corrected chi connectivity index (χ3v) is 8.26. The number of aryl methyl sites for hydroxylation is 1. The maximum Gasteiger partial charge on any atom is 0.313 e. The van der Waals surface area contributed by atoms with Crippen LogP contribution in [0.5, 0.6) is 5.75 Å². The van der Waals surface area contributed by atoms with Gasteiger partial charge in [-0.2, -0.15) is 8.42 Å². The van der Waals surface area contributed by atoms with Crippen LogP contribution in [0, 0.1) is 17.3 Å². The lowest BCUT2D eigenvalue weighted by molar-refractivity contribution is -0.129. The van der Waals surface area contributed by atoms with Crippen LogP contribution < -0.4 is 4.18 Å². The molecule has 128 valence electrons. The number of hydrogen-bond acceptors (Lipinski definition) is 4. The summed E-state index contributed by atoms with van der Waals surface area (Å²) < 4.78 is 28.6. The second kappa shape index (κ2) is 4.63. The summed E-state index contributed by atoms with van der Waals surface area (Å²) in [5.74, 6) is 2.54. The first-order chi connectivity index (χ1) is 11.4. The molecule has 0 aromatic heterocycles. The van der Waals surface area contributed by atoms with E-state index in [-0.39, 0.29) is 11.2 Å². The summed E-state index contributed by atoms with van der Waals surface area (Å²) in [5.41, 5.74) is 3.28. The fourth-order valence-electron chi connectivity index (χ4n) is 5.96. The van der Waals surface area contributed by atoms with Gasteiger partial charge in [-0.25, -0.2) is 0 Å². The molecule has 0 radical (unpaired) electrons. The van der Waals surface area contributed by atoms with E-state index in [0.29, 0.717) is 29.3 Å². The first-order valence-electron chi connectivity index (χ1n) is 8.98. The Labute approximate surface area is 142 Å². The Morgan fingerprint density at radius 2 is 1.96 bits per heavy atom.